The second-order valence-electron chi connectivity index (χ2n) is 7.82. The van der Waals surface area contributed by atoms with Crippen LogP contribution in [0.3, 0.4) is 0 Å². The molecule has 2 aliphatic rings. The van der Waals surface area contributed by atoms with Gasteiger partial charge in [-0.3, -0.25) is 9.69 Å². The SMILES string of the molecule is CCOc1cc(/C=C/C(=O)N2CCN(Cc3ccc4c(c3)CCO4)CC2)ccc1OC. The van der Waals surface area contributed by atoms with Crippen molar-refractivity contribution >= 4 is 12.0 Å². The van der Waals surface area contributed by atoms with Crippen LogP contribution in [0.25, 0.3) is 6.08 Å². The predicted molar refractivity (Wildman–Crippen MR) is 121 cm³/mol. The van der Waals surface area contributed by atoms with E-state index >= 15 is 0 Å². The lowest BCUT2D eigenvalue weighted by Gasteiger charge is -2.34. The van der Waals surface area contributed by atoms with Gasteiger partial charge in [0.2, 0.25) is 5.91 Å². The maximum absolute atomic E-state index is 12.6. The Morgan fingerprint density at radius 3 is 2.71 bits per heavy atom. The number of amides is 1. The maximum Gasteiger partial charge on any atom is 0.246 e. The summed E-state index contributed by atoms with van der Waals surface area (Å²) in [6.45, 7) is 7.44. The standard InChI is InChI=1S/C25H30N2O4/c1-3-30-24-17-19(4-8-23(24)29-2)6-9-25(28)27-13-11-26(12-14-27)18-20-5-7-22-21(16-20)10-15-31-22/h4-9,16-17H,3,10-15,18H2,1-2H3/b9-6+. The molecule has 6 heteroatoms. The van der Waals surface area contributed by atoms with Crippen LogP contribution in [0.4, 0.5) is 0 Å². The Morgan fingerprint density at radius 2 is 1.94 bits per heavy atom. The van der Waals surface area contributed by atoms with Crippen LogP contribution in [0.15, 0.2) is 42.5 Å². The van der Waals surface area contributed by atoms with Gasteiger partial charge in [-0.15, -0.1) is 0 Å². The first kappa shape index (κ1) is 21.2. The third-order valence-corrected chi connectivity index (χ3v) is 5.75. The Kier molecular flexibility index (Phi) is 6.77. The highest BCUT2D eigenvalue weighted by atomic mass is 16.5. The topological polar surface area (TPSA) is 51.2 Å². The molecule has 0 saturated carbocycles. The van der Waals surface area contributed by atoms with Crippen molar-refractivity contribution in [1.29, 1.82) is 0 Å². The number of carbonyl (C=O) groups excluding carboxylic acids is 1. The second-order valence-corrected chi connectivity index (χ2v) is 7.82. The van der Waals surface area contributed by atoms with Crippen molar-refractivity contribution in [3.63, 3.8) is 0 Å². The van der Waals surface area contributed by atoms with Crippen LogP contribution in [0, 0.1) is 0 Å². The molecule has 4 rings (SSSR count). The van der Waals surface area contributed by atoms with Gasteiger partial charge < -0.3 is 19.1 Å². The molecule has 0 bridgehead atoms. The Bertz CT molecular complexity index is 949. The fourth-order valence-electron chi connectivity index (χ4n) is 4.06. The van der Waals surface area contributed by atoms with Crippen LogP contribution >= 0.6 is 0 Å². The van der Waals surface area contributed by atoms with E-state index in [1.54, 1.807) is 13.2 Å². The summed E-state index contributed by atoms with van der Waals surface area (Å²) in [5.74, 6) is 2.45. The van der Waals surface area contributed by atoms with Crippen molar-refractivity contribution in [3.05, 3.63) is 59.2 Å². The van der Waals surface area contributed by atoms with Crippen molar-refractivity contribution in [3.8, 4) is 17.2 Å². The zero-order valence-electron chi connectivity index (χ0n) is 18.3. The van der Waals surface area contributed by atoms with Gasteiger partial charge in [0.05, 0.1) is 20.3 Å². The van der Waals surface area contributed by atoms with E-state index in [2.05, 4.69) is 23.1 Å². The highest BCUT2D eigenvalue weighted by Gasteiger charge is 2.20. The lowest BCUT2D eigenvalue weighted by Crippen LogP contribution is -2.47. The fraction of sp³-hybridized carbons (Fsp3) is 0.400. The summed E-state index contributed by atoms with van der Waals surface area (Å²) < 4.78 is 16.5. The predicted octanol–water partition coefficient (Wildman–Crippen LogP) is 3.39. The minimum Gasteiger partial charge on any atom is -0.493 e. The monoisotopic (exact) mass is 422 g/mol. The van der Waals surface area contributed by atoms with Gasteiger partial charge in [0.25, 0.3) is 0 Å². The average Bonchev–Trinajstić information content (AvgIpc) is 3.26. The number of methoxy groups -OCH3 is 1. The van der Waals surface area contributed by atoms with Crippen LogP contribution in [-0.2, 0) is 17.8 Å². The highest BCUT2D eigenvalue weighted by molar-refractivity contribution is 5.92. The number of ether oxygens (including phenoxy) is 3. The smallest absolute Gasteiger partial charge is 0.246 e. The summed E-state index contributed by atoms with van der Waals surface area (Å²) in [5, 5.41) is 0. The first-order valence-corrected chi connectivity index (χ1v) is 10.9. The molecule has 0 spiro atoms. The van der Waals surface area contributed by atoms with E-state index in [9.17, 15) is 4.79 Å². The van der Waals surface area contributed by atoms with Gasteiger partial charge in [-0.2, -0.15) is 0 Å². The van der Waals surface area contributed by atoms with Crippen molar-refractivity contribution in [2.75, 3.05) is 46.5 Å². The molecule has 164 valence electrons. The van der Waals surface area contributed by atoms with E-state index in [4.69, 9.17) is 14.2 Å². The van der Waals surface area contributed by atoms with E-state index in [1.165, 1.54) is 11.1 Å². The number of carbonyl (C=O) groups is 1. The van der Waals surface area contributed by atoms with E-state index < -0.39 is 0 Å². The van der Waals surface area contributed by atoms with Gasteiger partial charge in [-0.1, -0.05) is 18.2 Å². The quantitative estimate of drug-likeness (QED) is 0.641. The van der Waals surface area contributed by atoms with Gasteiger partial charge >= 0.3 is 0 Å². The van der Waals surface area contributed by atoms with Gasteiger partial charge in [-0.25, -0.2) is 0 Å². The van der Waals surface area contributed by atoms with Crippen molar-refractivity contribution in [1.82, 2.24) is 9.80 Å². The Labute approximate surface area is 184 Å². The van der Waals surface area contributed by atoms with Gasteiger partial charge in [0.1, 0.15) is 5.75 Å². The highest BCUT2D eigenvalue weighted by Crippen LogP contribution is 2.29. The molecule has 2 aliphatic heterocycles. The summed E-state index contributed by atoms with van der Waals surface area (Å²) in [7, 11) is 1.62. The molecule has 31 heavy (non-hydrogen) atoms. The zero-order chi connectivity index (χ0) is 21.6. The number of fused-ring (bicyclic) bond motifs is 1. The van der Waals surface area contributed by atoms with E-state index in [0.717, 1.165) is 57.1 Å². The van der Waals surface area contributed by atoms with Gasteiger partial charge in [-0.05, 0) is 47.9 Å². The molecule has 0 radical (unpaired) electrons. The molecule has 2 heterocycles. The number of piperazine rings is 1. The molecule has 0 atom stereocenters. The molecule has 1 saturated heterocycles. The molecule has 2 aromatic rings. The molecule has 0 unspecified atom stereocenters. The average molecular weight is 423 g/mol. The van der Waals surface area contributed by atoms with E-state index in [1.807, 2.05) is 36.1 Å². The number of benzene rings is 2. The third-order valence-electron chi connectivity index (χ3n) is 5.75. The van der Waals surface area contributed by atoms with Crippen LogP contribution in [0.5, 0.6) is 17.2 Å². The normalized spacial score (nSPS) is 16.3. The summed E-state index contributed by atoms with van der Waals surface area (Å²) in [4.78, 5) is 17.0. The summed E-state index contributed by atoms with van der Waals surface area (Å²) in [5.41, 5.74) is 3.54. The molecule has 0 aliphatic carbocycles. The number of nitrogens with zero attached hydrogens (tertiary/aromatic N) is 2. The van der Waals surface area contributed by atoms with Gasteiger partial charge in [0, 0.05) is 45.2 Å². The number of rotatable bonds is 7. The van der Waals surface area contributed by atoms with Crippen LogP contribution in [0.2, 0.25) is 0 Å². The zero-order valence-corrected chi connectivity index (χ0v) is 18.3. The summed E-state index contributed by atoms with van der Waals surface area (Å²) in [6, 6.07) is 12.2. The lowest BCUT2D eigenvalue weighted by atomic mass is 10.1. The van der Waals surface area contributed by atoms with Crippen molar-refractivity contribution in [2.45, 2.75) is 19.9 Å². The summed E-state index contributed by atoms with van der Waals surface area (Å²) in [6.07, 6.45) is 4.48. The Hall–Kier alpha value is -2.99. The molecule has 0 N–H and O–H groups in total. The first-order chi connectivity index (χ1) is 15.2. The molecular weight excluding hydrogens is 392 g/mol. The van der Waals surface area contributed by atoms with Gasteiger partial charge in [0.15, 0.2) is 11.5 Å². The molecule has 2 aromatic carbocycles. The molecular formula is C25H30N2O4. The third kappa shape index (κ3) is 5.20. The first-order valence-electron chi connectivity index (χ1n) is 10.9. The summed E-state index contributed by atoms with van der Waals surface area (Å²) >= 11 is 0. The maximum atomic E-state index is 12.6. The largest absolute Gasteiger partial charge is 0.493 e. The Morgan fingerprint density at radius 1 is 1.10 bits per heavy atom. The number of hydrogen-bond donors (Lipinski definition) is 0. The Balaban J connectivity index is 1.29. The van der Waals surface area contributed by atoms with Crippen molar-refractivity contribution in [2.24, 2.45) is 0 Å². The van der Waals surface area contributed by atoms with Crippen molar-refractivity contribution < 1.29 is 19.0 Å². The van der Waals surface area contributed by atoms with Crippen LogP contribution in [0.1, 0.15) is 23.6 Å². The molecule has 0 aromatic heterocycles. The second kappa shape index (κ2) is 9.88. The van der Waals surface area contributed by atoms with Crippen LogP contribution < -0.4 is 14.2 Å². The lowest BCUT2D eigenvalue weighted by molar-refractivity contribution is -0.127. The molecule has 1 fully saturated rings. The molecule has 1 amide bonds. The number of hydrogen-bond acceptors (Lipinski definition) is 5. The molecule has 6 nitrogen and oxygen atoms in total. The minimum atomic E-state index is 0.0445. The minimum absolute atomic E-state index is 0.0445. The fourth-order valence-corrected chi connectivity index (χ4v) is 4.06. The van der Waals surface area contributed by atoms with Crippen LogP contribution in [-0.4, -0.2) is 62.2 Å². The van der Waals surface area contributed by atoms with E-state index in [0.29, 0.717) is 18.1 Å². The van der Waals surface area contributed by atoms with E-state index in [-0.39, 0.29) is 5.91 Å².